The number of benzene rings is 2. The van der Waals surface area contributed by atoms with Crippen LogP contribution in [-0.2, 0) is 13.1 Å². The number of fused-ring (bicyclic) bond motifs is 1. The Morgan fingerprint density at radius 2 is 1.75 bits per heavy atom. The van der Waals surface area contributed by atoms with Crippen molar-refractivity contribution in [1.82, 2.24) is 9.88 Å². The second-order valence-corrected chi connectivity index (χ2v) is 8.29. The fourth-order valence-corrected chi connectivity index (χ4v) is 4.13. The van der Waals surface area contributed by atoms with Crippen LogP contribution >= 0.6 is 0 Å². The Bertz CT molecular complexity index is 889. The second kappa shape index (κ2) is 8.78. The van der Waals surface area contributed by atoms with Gasteiger partial charge in [-0.05, 0) is 55.1 Å². The molecule has 0 saturated carbocycles. The SMILES string of the molecule is CC(C)c1ccc(CNc2[nH]c3ccccc3[n+]2CCN2CCCCC2)cc1. The van der Waals surface area contributed by atoms with Gasteiger partial charge in [-0.3, -0.25) is 5.32 Å². The third-order valence-electron chi connectivity index (χ3n) is 5.91. The Balaban J connectivity index is 1.49. The summed E-state index contributed by atoms with van der Waals surface area (Å²) in [6.07, 6.45) is 4.07. The van der Waals surface area contributed by atoms with Gasteiger partial charge in [0.2, 0.25) is 0 Å². The number of imidazole rings is 1. The summed E-state index contributed by atoms with van der Waals surface area (Å²) < 4.78 is 2.41. The van der Waals surface area contributed by atoms with Gasteiger partial charge in [-0.15, -0.1) is 0 Å². The molecule has 2 heterocycles. The summed E-state index contributed by atoms with van der Waals surface area (Å²) >= 11 is 0. The first kappa shape index (κ1) is 19.0. The van der Waals surface area contributed by atoms with Crippen molar-refractivity contribution < 1.29 is 4.57 Å². The van der Waals surface area contributed by atoms with Gasteiger partial charge in [0.25, 0.3) is 0 Å². The quantitative estimate of drug-likeness (QED) is 0.587. The highest BCUT2D eigenvalue weighted by Crippen LogP contribution is 2.17. The normalized spacial score (nSPS) is 15.4. The molecular formula is C24H33N4+. The molecule has 0 atom stereocenters. The predicted octanol–water partition coefficient (Wildman–Crippen LogP) is 4.68. The van der Waals surface area contributed by atoms with Crippen LogP contribution in [-0.4, -0.2) is 29.5 Å². The summed E-state index contributed by atoms with van der Waals surface area (Å²) in [7, 11) is 0. The van der Waals surface area contributed by atoms with E-state index in [2.05, 4.69) is 82.1 Å². The van der Waals surface area contributed by atoms with Gasteiger partial charge in [-0.1, -0.05) is 56.7 Å². The Hall–Kier alpha value is -2.33. The predicted molar refractivity (Wildman–Crippen MR) is 117 cm³/mol. The fraction of sp³-hybridized carbons (Fsp3) is 0.458. The molecule has 1 aliphatic heterocycles. The third-order valence-corrected chi connectivity index (χ3v) is 5.91. The van der Waals surface area contributed by atoms with Crippen molar-refractivity contribution in [3.63, 3.8) is 0 Å². The number of anilines is 1. The summed E-state index contributed by atoms with van der Waals surface area (Å²) in [5.74, 6) is 1.68. The zero-order valence-electron chi connectivity index (χ0n) is 17.2. The first-order valence-corrected chi connectivity index (χ1v) is 10.8. The smallest absolute Gasteiger partial charge is 0.300 e. The summed E-state index contributed by atoms with van der Waals surface area (Å²) in [4.78, 5) is 6.19. The van der Waals surface area contributed by atoms with E-state index in [1.165, 1.54) is 54.5 Å². The lowest BCUT2D eigenvalue weighted by atomic mass is 10.0. The first-order chi connectivity index (χ1) is 13.7. The average molecular weight is 378 g/mol. The highest BCUT2D eigenvalue weighted by molar-refractivity contribution is 5.72. The minimum Gasteiger partial charge on any atom is -0.300 e. The van der Waals surface area contributed by atoms with Gasteiger partial charge in [-0.2, -0.15) is 0 Å². The molecule has 0 spiro atoms. The van der Waals surface area contributed by atoms with Crippen LogP contribution in [0.4, 0.5) is 5.95 Å². The highest BCUT2D eigenvalue weighted by Gasteiger charge is 2.18. The van der Waals surface area contributed by atoms with Crippen LogP contribution in [0.15, 0.2) is 48.5 Å². The molecule has 0 amide bonds. The van der Waals surface area contributed by atoms with Gasteiger partial charge in [0.1, 0.15) is 11.0 Å². The monoisotopic (exact) mass is 377 g/mol. The molecule has 0 bridgehead atoms. The van der Waals surface area contributed by atoms with E-state index in [0.29, 0.717) is 5.92 Å². The summed E-state index contributed by atoms with van der Waals surface area (Å²) in [5, 5.41) is 3.64. The molecule has 4 rings (SSSR count). The largest absolute Gasteiger partial charge is 0.356 e. The van der Waals surface area contributed by atoms with Gasteiger partial charge in [0.15, 0.2) is 0 Å². The van der Waals surface area contributed by atoms with Crippen LogP contribution in [0.1, 0.15) is 50.2 Å². The molecule has 4 heteroatoms. The van der Waals surface area contributed by atoms with Crippen LogP contribution in [0.25, 0.3) is 11.0 Å². The van der Waals surface area contributed by atoms with Crippen molar-refractivity contribution in [2.45, 2.75) is 52.1 Å². The third kappa shape index (κ3) is 4.39. The molecule has 0 radical (unpaired) electrons. The van der Waals surface area contributed by atoms with Gasteiger partial charge in [-0.25, -0.2) is 9.55 Å². The van der Waals surface area contributed by atoms with Crippen molar-refractivity contribution in [3.05, 3.63) is 59.7 Å². The van der Waals surface area contributed by atoms with Gasteiger partial charge < -0.3 is 4.90 Å². The Morgan fingerprint density at radius 1 is 1.00 bits per heavy atom. The fourth-order valence-electron chi connectivity index (χ4n) is 4.13. The van der Waals surface area contributed by atoms with E-state index in [1.807, 2.05) is 0 Å². The molecule has 1 aliphatic rings. The standard InChI is InChI=1S/C24H32N4/c1-19(2)21-12-10-20(11-13-21)18-25-24-26-22-8-4-5-9-23(22)28(24)17-16-27-14-6-3-7-15-27/h4-5,8-13,19H,3,6-7,14-18H2,1-2H3,(H,25,26)/p+1. The topological polar surface area (TPSA) is 34.9 Å². The number of nitrogens with zero attached hydrogens (tertiary/aromatic N) is 2. The highest BCUT2D eigenvalue weighted by atomic mass is 15.2. The minimum absolute atomic E-state index is 0.577. The van der Waals surface area contributed by atoms with Crippen molar-refractivity contribution in [1.29, 1.82) is 0 Å². The van der Waals surface area contributed by atoms with E-state index in [-0.39, 0.29) is 0 Å². The number of para-hydroxylation sites is 2. The Labute approximate surface area is 168 Å². The van der Waals surface area contributed by atoms with Crippen molar-refractivity contribution in [3.8, 4) is 0 Å². The summed E-state index contributed by atoms with van der Waals surface area (Å²) in [6, 6.07) is 17.6. The Kier molecular flexibility index (Phi) is 5.96. The van der Waals surface area contributed by atoms with Crippen LogP contribution < -0.4 is 9.88 Å². The molecule has 3 aromatic rings. The molecule has 0 aliphatic carbocycles. The minimum atomic E-state index is 0.577. The van der Waals surface area contributed by atoms with E-state index in [0.717, 1.165) is 25.6 Å². The number of hydrogen-bond donors (Lipinski definition) is 2. The maximum Gasteiger partial charge on any atom is 0.356 e. The first-order valence-electron chi connectivity index (χ1n) is 10.8. The zero-order chi connectivity index (χ0) is 19.3. The van der Waals surface area contributed by atoms with E-state index in [4.69, 9.17) is 0 Å². The molecular weight excluding hydrogens is 344 g/mol. The summed E-state index contributed by atoms with van der Waals surface area (Å²) in [5.41, 5.74) is 5.17. The number of piperidine rings is 1. The Morgan fingerprint density at radius 3 is 2.50 bits per heavy atom. The molecule has 1 fully saturated rings. The molecule has 1 aromatic heterocycles. The van der Waals surface area contributed by atoms with Crippen molar-refractivity contribution >= 4 is 17.0 Å². The van der Waals surface area contributed by atoms with Crippen molar-refractivity contribution in [2.24, 2.45) is 0 Å². The van der Waals surface area contributed by atoms with Crippen LogP contribution in [0.3, 0.4) is 0 Å². The maximum absolute atomic E-state index is 3.64. The molecule has 28 heavy (non-hydrogen) atoms. The van der Waals surface area contributed by atoms with E-state index in [1.54, 1.807) is 0 Å². The molecule has 0 unspecified atom stereocenters. The van der Waals surface area contributed by atoms with Crippen LogP contribution in [0.2, 0.25) is 0 Å². The zero-order valence-corrected chi connectivity index (χ0v) is 17.2. The number of likely N-dealkylation sites (tertiary alicyclic amines) is 1. The van der Waals surface area contributed by atoms with E-state index >= 15 is 0 Å². The van der Waals surface area contributed by atoms with Crippen LogP contribution in [0, 0.1) is 0 Å². The number of aromatic amines is 1. The molecule has 1 saturated heterocycles. The van der Waals surface area contributed by atoms with Crippen molar-refractivity contribution in [2.75, 3.05) is 25.0 Å². The molecule has 2 aromatic carbocycles. The maximum atomic E-state index is 3.64. The van der Waals surface area contributed by atoms with Crippen LogP contribution in [0.5, 0.6) is 0 Å². The number of rotatable bonds is 7. The lowest BCUT2D eigenvalue weighted by Crippen LogP contribution is -2.43. The van der Waals surface area contributed by atoms with Gasteiger partial charge in [0, 0.05) is 6.54 Å². The number of hydrogen-bond acceptors (Lipinski definition) is 2. The number of nitrogens with one attached hydrogen (secondary N) is 2. The van der Waals surface area contributed by atoms with Gasteiger partial charge in [0.05, 0.1) is 13.1 Å². The van der Waals surface area contributed by atoms with E-state index < -0.39 is 0 Å². The second-order valence-electron chi connectivity index (χ2n) is 8.29. The van der Waals surface area contributed by atoms with E-state index in [9.17, 15) is 0 Å². The van der Waals surface area contributed by atoms with Gasteiger partial charge >= 0.3 is 5.95 Å². The summed E-state index contributed by atoms with van der Waals surface area (Å²) in [6.45, 7) is 9.92. The average Bonchev–Trinajstić information content (AvgIpc) is 3.09. The number of H-pyrrole nitrogens is 1. The molecule has 4 nitrogen and oxygen atoms in total. The molecule has 148 valence electrons. The molecule has 2 N–H and O–H groups in total. The lowest BCUT2D eigenvalue weighted by Gasteiger charge is -2.25. The number of aromatic nitrogens is 2. The lowest BCUT2D eigenvalue weighted by molar-refractivity contribution is -0.656.